The zero-order chi connectivity index (χ0) is 21.5. The number of carbonyl (C=O) groups excluding carboxylic acids is 2. The Morgan fingerprint density at radius 3 is 2.47 bits per heavy atom. The molecule has 1 aliphatic rings. The molecule has 2 N–H and O–H groups in total. The molecule has 0 aliphatic heterocycles. The number of esters is 1. The van der Waals surface area contributed by atoms with Crippen LogP contribution in [-0.4, -0.2) is 26.8 Å². The number of primary sulfonamides is 1. The first-order chi connectivity index (χ1) is 14.2. The monoisotopic (exact) mass is 485 g/mol. The van der Waals surface area contributed by atoms with E-state index in [1.807, 2.05) is 30.3 Å². The molecular formula is C22H16BrNO5S. The number of benzene rings is 3. The highest BCUT2D eigenvalue weighted by atomic mass is 79.9. The van der Waals surface area contributed by atoms with Crippen molar-refractivity contribution in [3.8, 4) is 11.1 Å². The molecule has 4 rings (SSSR count). The second kappa shape index (κ2) is 7.79. The first-order valence-electron chi connectivity index (χ1n) is 8.98. The van der Waals surface area contributed by atoms with Crippen molar-refractivity contribution in [3.63, 3.8) is 0 Å². The van der Waals surface area contributed by atoms with Gasteiger partial charge in [0, 0.05) is 10.0 Å². The normalized spacial score (nSPS) is 12.2. The van der Waals surface area contributed by atoms with E-state index in [9.17, 15) is 18.0 Å². The minimum atomic E-state index is -3.98. The predicted octanol–water partition coefficient (Wildman–Crippen LogP) is 3.71. The number of hydrogen-bond donors (Lipinski definition) is 1. The third kappa shape index (κ3) is 3.94. The van der Waals surface area contributed by atoms with E-state index in [1.54, 1.807) is 6.07 Å². The van der Waals surface area contributed by atoms with Crippen molar-refractivity contribution in [1.29, 1.82) is 0 Å². The smallest absolute Gasteiger partial charge is 0.339 e. The molecule has 6 nitrogen and oxygen atoms in total. The van der Waals surface area contributed by atoms with Crippen LogP contribution in [0.5, 0.6) is 0 Å². The number of sulfonamides is 1. The van der Waals surface area contributed by atoms with Gasteiger partial charge in [0.1, 0.15) is 0 Å². The lowest BCUT2D eigenvalue weighted by molar-refractivity contribution is 0.0473. The number of Topliss-reactive ketones (excluding diaryl/α,β-unsaturated/α-hetero) is 1. The molecule has 0 amide bonds. The molecule has 0 atom stereocenters. The summed E-state index contributed by atoms with van der Waals surface area (Å²) in [6.45, 7) is -0.467. The first-order valence-corrected chi connectivity index (χ1v) is 11.3. The van der Waals surface area contributed by atoms with Crippen LogP contribution in [0, 0.1) is 0 Å². The van der Waals surface area contributed by atoms with Gasteiger partial charge in [-0.2, -0.15) is 0 Å². The highest BCUT2D eigenvalue weighted by Gasteiger charge is 2.21. The van der Waals surface area contributed by atoms with Gasteiger partial charge in [-0.25, -0.2) is 18.4 Å². The second-order valence-corrected chi connectivity index (χ2v) is 9.31. The van der Waals surface area contributed by atoms with Crippen LogP contribution < -0.4 is 5.14 Å². The number of rotatable bonds is 5. The van der Waals surface area contributed by atoms with Gasteiger partial charge in [0.2, 0.25) is 10.0 Å². The molecule has 3 aromatic carbocycles. The average Bonchev–Trinajstić information content (AvgIpc) is 3.09. The summed E-state index contributed by atoms with van der Waals surface area (Å²) in [5.74, 6) is -1.18. The maximum absolute atomic E-state index is 12.6. The molecular weight excluding hydrogens is 470 g/mol. The Bertz CT molecular complexity index is 1300. The second-order valence-electron chi connectivity index (χ2n) is 6.89. The van der Waals surface area contributed by atoms with Gasteiger partial charge in [0.25, 0.3) is 0 Å². The Morgan fingerprint density at radius 2 is 1.70 bits per heavy atom. The van der Waals surface area contributed by atoms with Gasteiger partial charge in [-0.05, 0) is 68.9 Å². The van der Waals surface area contributed by atoms with Crippen LogP contribution in [0.15, 0.2) is 70.0 Å². The summed E-state index contributed by atoms with van der Waals surface area (Å²) in [6, 6.07) is 17.2. The summed E-state index contributed by atoms with van der Waals surface area (Å²) >= 11 is 3.18. The standard InChI is InChI=1S/C22H16BrNO5S/c23-20-8-7-16(30(24,27)28)11-19(20)22(26)29-12-21(25)15-6-5-14-9-13-3-1-2-4-17(13)18(14)10-15/h1-8,10-11H,9,12H2,(H2,24,27,28). The number of ether oxygens (including phenoxy) is 1. The molecule has 0 spiro atoms. The molecule has 0 aromatic heterocycles. The van der Waals surface area contributed by atoms with Crippen LogP contribution in [0.2, 0.25) is 0 Å². The molecule has 0 radical (unpaired) electrons. The number of fused-ring (bicyclic) bond motifs is 3. The van der Waals surface area contributed by atoms with E-state index in [2.05, 4.69) is 22.0 Å². The average molecular weight is 486 g/mol. The molecule has 3 aromatic rings. The minimum absolute atomic E-state index is 0.0304. The highest BCUT2D eigenvalue weighted by Crippen LogP contribution is 2.36. The molecule has 0 unspecified atom stereocenters. The van der Waals surface area contributed by atoms with Gasteiger partial charge in [-0.3, -0.25) is 4.79 Å². The van der Waals surface area contributed by atoms with Crippen LogP contribution in [0.25, 0.3) is 11.1 Å². The maximum Gasteiger partial charge on any atom is 0.339 e. The fourth-order valence-corrected chi connectivity index (χ4v) is 4.38. The SMILES string of the molecule is NS(=O)(=O)c1ccc(Br)c(C(=O)OCC(=O)c2ccc3c(c2)-c2ccccc2C3)c1. The van der Waals surface area contributed by atoms with Crippen molar-refractivity contribution in [2.45, 2.75) is 11.3 Å². The Labute approximate surface area is 181 Å². The van der Waals surface area contributed by atoms with E-state index < -0.39 is 22.6 Å². The van der Waals surface area contributed by atoms with E-state index in [1.165, 1.54) is 17.7 Å². The largest absolute Gasteiger partial charge is 0.454 e. The van der Waals surface area contributed by atoms with Crippen molar-refractivity contribution < 1.29 is 22.7 Å². The molecule has 0 saturated carbocycles. The quantitative estimate of drug-likeness (QED) is 0.342. The topological polar surface area (TPSA) is 104 Å². The summed E-state index contributed by atoms with van der Waals surface area (Å²) in [5.41, 5.74) is 4.87. The zero-order valence-corrected chi connectivity index (χ0v) is 18.0. The number of halogens is 1. The Morgan fingerprint density at radius 1 is 0.967 bits per heavy atom. The van der Waals surface area contributed by atoms with Crippen molar-refractivity contribution in [2.75, 3.05) is 6.61 Å². The highest BCUT2D eigenvalue weighted by molar-refractivity contribution is 9.10. The van der Waals surface area contributed by atoms with Gasteiger partial charge >= 0.3 is 5.97 Å². The third-order valence-corrected chi connectivity index (χ3v) is 6.54. The van der Waals surface area contributed by atoms with E-state index in [0.717, 1.165) is 29.2 Å². The lowest BCUT2D eigenvalue weighted by atomic mass is 10.0. The molecule has 8 heteroatoms. The Balaban J connectivity index is 1.51. The molecule has 0 saturated heterocycles. The molecule has 152 valence electrons. The van der Waals surface area contributed by atoms with Crippen molar-refractivity contribution in [1.82, 2.24) is 0 Å². The number of ketones is 1. The molecule has 1 aliphatic carbocycles. The Hall–Kier alpha value is -2.81. The summed E-state index contributed by atoms with van der Waals surface area (Å²) in [6.07, 6.45) is 0.823. The van der Waals surface area contributed by atoms with Crippen molar-refractivity contribution >= 4 is 37.7 Å². The zero-order valence-electron chi connectivity index (χ0n) is 15.6. The number of nitrogens with two attached hydrogens (primary N) is 1. The van der Waals surface area contributed by atoms with Gasteiger partial charge in [-0.1, -0.05) is 36.4 Å². The van der Waals surface area contributed by atoms with Gasteiger partial charge in [0.15, 0.2) is 12.4 Å². The van der Waals surface area contributed by atoms with Crippen LogP contribution in [0.1, 0.15) is 31.8 Å². The van der Waals surface area contributed by atoms with Crippen molar-refractivity contribution in [3.05, 3.63) is 87.4 Å². The van der Waals surface area contributed by atoms with Crippen LogP contribution >= 0.6 is 15.9 Å². The first kappa shape index (κ1) is 20.5. The van der Waals surface area contributed by atoms with Crippen LogP contribution in [0.4, 0.5) is 0 Å². The molecule has 30 heavy (non-hydrogen) atoms. The summed E-state index contributed by atoms with van der Waals surface area (Å²) in [7, 11) is -3.98. The number of hydrogen-bond acceptors (Lipinski definition) is 5. The van der Waals surface area contributed by atoms with Crippen LogP contribution in [-0.2, 0) is 21.2 Å². The molecule has 0 heterocycles. The summed E-state index contributed by atoms with van der Waals surface area (Å²) in [4.78, 5) is 24.8. The minimum Gasteiger partial charge on any atom is -0.454 e. The predicted molar refractivity (Wildman–Crippen MR) is 115 cm³/mol. The molecule has 0 fully saturated rings. The molecule has 0 bridgehead atoms. The van der Waals surface area contributed by atoms with Gasteiger partial charge in [-0.15, -0.1) is 0 Å². The van der Waals surface area contributed by atoms with E-state index >= 15 is 0 Å². The third-order valence-electron chi connectivity index (χ3n) is 4.94. The van der Waals surface area contributed by atoms with Gasteiger partial charge < -0.3 is 4.74 Å². The van der Waals surface area contributed by atoms with Crippen LogP contribution in [0.3, 0.4) is 0 Å². The van der Waals surface area contributed by atoms with Gasteiger partial charge in [0.05, 0.1) is 10.5 Å². The van der Waals surface area contributed by atoms with Crippen molar-refractivity contribution in [2.24, 2.45) is 5.14 Å². The number of carbonyl (C=O) groups is 2. The fraction of sp³-hybridized carbons (Fsp3) is 0.0909. The fourth-order valence-electron chi connectivity index (χ4n) is 3.43. The Kier molecular flexibility index (Phi) is 5.31. The van der Waals surface area contributed by atoms with E-state index in [0.29, 0.717) is 10.0 Å². The summed E-state index contributed by atoms with van der Waals surface area (Å²) < 4.78 is 28.5. The van der Waals surface area contributed by atoms with E-state index in [-0.39, 0.29) is 16.2 Å². The summed E-state index contributed by atoms with van der Waals surface area (Å²) in [5, 5.41) is 5.10. The van der Waals surface area contributed by atoms with E-state index in [4.69, 9.17) is 9.88 Å². The lowest BCUT2D eigenvalue weighted by Crippen LogP contribution is -2.16. The lowest BCUT2D eigenvalue weighted by Gasteiger charge is -2.09. The maximum atomic E-state index is 12.6.